The maximum Gasteiger partial charge on any atom is 0.243 e. The van der Waals surface area contributed by atoms with E-state index >= 15 is 0 Å². The second kappa shape index (κ2) is 7.29. The highest BCUT2D eigenvalue weighted by molar-refractivity contribution is 7.14. The number of nitrogens with one attached hydrogen (secondary N) is 1. The first-order chi connectivity index (χ1) is 10.5. The van der Waals surface area contributed by atoms with Crippen LogP contribution >= 0.6 is 23.7 Å². The quantitative estimate of drug-likeness (QED) is 0.885. The number of benzene rings is 1. The summed E-state index contributed by atoms with van der Waals surface area (Å²) in [6, 6.07) is 5.54. The van der Waals surface area contributed by atoms with E-state index in [4.69, 9.17) is 10.5 Å². The number of hydrogen-bond acceptors (Lipinski definition) is 5. The monoisotopic (exact) mass is 353 g/mol. The van der Waals surface area contributed by atoms with Crippen LogP contribution in [0.1, 0.15) is 19.4 Å². The van der Waals surface area contributed by atoms with Crippen LogP contribution in [0.25, 0.3) is 11.3 Å². The third-order valence-electron chi connectivity index (χ3n) is 3.74. The molecule has 0 saturated heterocycles. The Hall–Kier alpha value is -1.63. The lowest BCUT2D eigenvalue weighted by Crippen LogP contribution is -2.39. The Bertz CT molecular complexity index is 702. The summed E-state index contributed by atoms with van der Waals surface area (Å²) in [5.74, 6) is 0.852. The molecule has 0 unspecified atom stereocenters. The maximum atomic E-state index is 12.0. The van der Waals surface area contributed by atoms with Gasteiger partial charge < -0.3 is 15.8 Å². The molecule has 23 heavy (non-hydrogen) atoms. The standard InChI is InChI=1S/C16H19N3O2S.ClH/c1-9(2)14(17)15(20)19-16-18-12(8-22-16)10-3-4-13-11(7-10)5-6-21-13;/h3-4,7-9,14H,5-6,17H2,1-2H3,(H,18,19,20);1H/t14-;/m0./s1. The van der Waals surface area contributed by atoms with E-state index in [1.54, 1.807) is 0 Å². The zero-order valence-corrected chi connectivity index (χ0v) is 14.7. The summed E-state index contributed by atoms with van der Waals surface area (Å²) < 4.78 is 5.51. The molecule has 3 rings (SSSR count). The Morgan fingerprint density at radius 3 is 2.96 bits per heavy atom. The molecule has 0 fully saturated rings. The number of nitrogens with two attached hydrogens (primary N) is 1. The van der Waals surface area contributed by atoms with Crippen molar-refractivity contribution in [1.82, 2.24) is 4.98 Å². The van der Waals surface area contributed by atoms with Crippen LogP contribution in [0.3, 0.4) is 0 Å². The zero-order valence-electron chi connectivity index (χ0n) is 13.0. The van der Waals surface area contributed by atoms with Crippen molar-refractivity contribution in [3.05, 3.63) is 29.1 Å². The molecule has 1 atom stereocenters. The molecule has 124 valence electrons. The number of hydrogen-bond donors (Lipinski definition) is 2. The molecule has 5 nitrogen and oxygen atoms in total. The van der Waals surface area contributed by atoms with E-state index in [1.807, 2.05) is 31.4 Å². The van der Waals surface area contributed by atoms with Gasteiger partial charge in [0.25, 0.3) is 0 Å². The average molecular weight is 354 g/mol. The third-order valence-corrected chi connectivity index (χ3v) is 4.50. The number of carbonyl (C=O) groups is 1. The van der Waals surface area contributed by atoms with Crippen LogP contribution in [0.4, 0.5) is 5.13 Å². The molecule has 0 radical (unpaired) electrons. The van der Waals surface area contributed by atoms with Gasteiger partial charge in [0.1, 0.15) is 5.75 Å². The van der Waals surface area contributed by atoms with Crippen LogP contribution in [0.15, 0.2) is 23.6 Å². The number of aromatic nitrogens is 1. The van der Waals surface area contributed by atoms with Gasteiger partial charge in [-0.2, -0.15) is 0 Å². The van der Waals surface area contributed by atoms with Crippen molar-refractivity contribution in [3.8, 4) is 17.0 Å². The molecule has 0 bridgehead atoms. The molecule has 2 heterocycles. The molecule has 0 saturated carbocycles. The molecule has 1 aliphatic rings. The van der Waals surface area contributed by atoms with Gasteiger partial charge in [-0.15, -0.1) is 23.7 Å². The smallest absolute Gasteiger partial charge is 0.243 e. The first-order valence-corrected chi connectivity index (χ1v) is 8.20. The molecular weight excluding hydrogens is 334 g/mol. The molecule has 1 aromatic carbocycles. The topological polar surface area (TPSA) is 77.2 Å². The summed E-state index contributed by atoms with van der Waals surface area (Å²) in [5, 5.41) is 5.30. The van der Waals surface area contributed by atoms with Crippen LogP contribution < -0.4 is 15.8 Å². The second-order valence-corrected chi connectivity index (χ2v) is 6.58. The van der Waals surface area contributed by atoms with Gasteiger partial charge in [0, 0.05) is 17.4 Å². The Morgan fingerprint density at radius 1 is 1.43 bits per heavy atom. The second-order valence-electron chi connectivity index (χ2n) is 5.72. The van der Waals surface area contributed by atoms with Gasteiger partial charge in [0.05, 0.1) is 18.3 Å². The van der Waals surface area contributed by atoms with Gasteiger partial charge in [-0.05, 0) is 29.7 Å². The summed E-state index contributed by atoms with van der Waals surface area (Å²) >= 11 is 1.41. The fourth-order valence-corrected chi connectivity index (χ4v) is 3.02. The third kappa shape index (κ3) is 3.83. The molecule has 2 aromatic rings. The number of ether oxygens (including phenoxy) is 1. The number of amides is 1. The van der Waals surface area contributed by atoms with E-state index in [9.17, 15) is 4.79 Å². The molecule has 1 aliphatic heterocycles. The summed E-state index contributed by atoms with van der Waals surface area (Å²) in [5.41, 5.74) is 8.94. The summed E-state index contributed by atoms with van der Waals surface area (Å²) in [6.07, 6.45) is 0.931. The van der Waals surface area contributed by atoms with E-state index in [0.29, 0.717) is 5.13 Å². The van der Waals surface area contributed by atoms with E-state index in [2.05, 4.69) is 16.4 Å². The van der Waals surface area contributed by atoms with Crippen molar-refractivity contribution in [1.29, 1.82) is 0 Å². The number of nitrogens with zero attached hydrogens (tertiary/aromatic N) is 1. The number of fused-ring (bicyclic) bond motifs is 1. The summed E-state index contributed by atoms with van der Waals surface area (Å²) in [6.45, 7) is 4.58. The summed E-state index contributed by atoms with van der Waals surface area (Å²) in [4.78, 5) is 16.4. The van der Waals surface area contributed by atoms with E-state index in [0.717, 1.165) is 30.0 Å². The van der Waals surface area contributed by atoms with Gasteiger partial charge in [-0.25, -0.2) is 4.98 Å². The molecule has 0 spiro atoms. The van der Waals surface area contributed by atoms with Crippen molar-refractivity contribution >= 4 is 34.8 Å². The fourth-order valence-electron chi connectivity index (χ4n) is 2.30. The van der Waals surface area contributed by atoms with Gasteiger partial charge in [0.2, 0.25) is 5.91 Å². The van der Waals surface area contributed by atoms with E-state index in [1.165, 1.54) is 16.9 Å². The minimum absolute atomic E-state index is 0. The molecule has 1 amide bonds. The largest absolute Gasteiger partial charge is 0.493 e. The SMILES string of the molecule is CC(C)[C@H](N)C(=O)Nc1nc(-c2ccc3c(c2)CCO3)cs1.Cl. The lowest BCUT2D eigenvalue weighted by Gasteiger charge is -2.13. The van der Waals surface area contributed by atoms with Crippen molar-refractivity contribution in [3.63, 3.8) is 0 Å². The van der Waals surface area contributed by atoms with Crippen LogP contribution in [0, 0.1) is 5.92 Å². The Morgan fingerprint density at radius 2 is 2.22 bits per heavy atom. The number of halogens is 1. The van der Waals surface area contributed by atoms with Crippen LogP contribution in [-0.2, 0) is 11.2 Å². The molecule has 3 N–H and O–H groups in total. The Balaban J connectivity index is 0.00000192. The zero-order chi connectivity index (χ0) is 15.7. The number of rotatable bonds is 4. The highest BCUT2D eigenvalue weighted by atomic mass is 35.5. The lowest BCUT2D eigenvalue weighted by atomic mass is 10.1. The van der Waals surface area contributed by atoms with Gasteiger partial charge in [0.15, 0.2) is 5.13 Å². The van der Waals surface area contributed by atoms with Crippen LogP contribution in [-0.4, -0.2) is 23.5 Å². The fraction of sp³-hybridized carbons (Fsp3) is 0.375. The van der Waals surface area contributed by atoms with Crippen molar-refractivity contribution in [2.75, 3.05) is 11.9 Å². The van der Waals surface area contributed by atoms with E-state index < -0.39 is 6.04 Å². The predicted molar refractivity (Wildman–Crippen MR) is 95.4 cm³/mol. The van der Waals surface area contributed by atoms with Gasteiger partial charge in [-0.1, -0.05) is 13.8 Å². The minimum atomic E-state index is -0.524. The maximum absolute atomic E-state index is 12.0. The first-order valence-electron chi connectivity index (χ1n) is 7.32. The van der Waals surface area contributed by atoms with Crippen LogP contribution in [0.2, 0.25) is 0 Å². The number of carbonyl (C=O) groups excluding carboxylic acids is 1. The average Bonchev–Trinajstić information content (AvgIpc) is 3.13. The molecule has 1 aromatic heterocycles. The normalized spacial score (nSPS) is 13.9. The van der Waals surface area contributed by atoms with Gasteiger partial charge in [-0.3, -0.25) is 4.79 Å². The van der Waals surface area contributed by atoms with Crippen molar-refractivity contribution in [2.24, 2.45) is 11.7 Å². The Kier molecular flexibility index (Phi) is 5.62. The molecule has 7 heteroatoms. The Labute approximate surface area is 145 Å². The molecule has 0 aliphatic carbocycles. The molecular formula is C16H20ClN3O2S. The highest BCUT2D eigenvalue weighted by Crippen LogP contribution is 2.31. The first kappa shape index (κ1) is 17.7. The van der Waals surface area contributed by atoms with E-state index in [-0.39, 0.29) is 24.2 Å². The number of anilines is 1. The summed E-state index contributed by atoms with van der Waals surface area (Å²) in [7, 11) is 0. The number of thiazole rings is 1. The van der Waals surface area contributed by atoms with Crippen LogP contribution in [0.5, 0.6) is 5.75 Å². The van der Waals surface area contributed by atoms with Crippen molar-refractivity contribution in [2.45, 2.75) is 26.3 Å². The van der Waals surface area contributed by atoms with Gasteiger partial charge >= 0.3 is 0 Å². The minimum Gasteiger partial charge on any atom is -0.493 e. The lowest BCUT2D eigenvalue weighted by molar-refractivity contribution is -0.118. The highest BCUT2D eigenvalue weighted by Gasteiger charge is 2.19. The van der Waals surface area contributed by atoms with Crippen molar-refractivity contribution < 1.29 is 9.53 Å². The predicted octanol–water partition coefficient (Wildman–Crippen LogP) is 3.09.